The molecule has 0 aliphatic rings. The van der Waals surface area contributed by atoms with E-state index in [9.17, 15) is 4.39 Å². The average molecular weight is 234 g/mol. The Morgan fingerprint density at radius 3 is 3.06 bits per heavy atom. The summed E-state index contributed by atoms with van der Waals surface area (Å²) in [6.45, 7) is 4.31. The average Bonchev–Trinajstić information content (AvgIpc) is 2.74. The van der Waals surface area contributed by atoms with Gasteiger partial charge in [-0.05, 0) is 18.2 Å². The van der Waals surface area contributed by atoms with E-state index in [2.05, 4.69) is 22.2 Å². The highest BCUT2D eigenvalue weighted by molar-refractivity contribution is 5.11. The molecular weight excluding hydrogens is 219 g/mol. The fraction of sp³-hybridized carbons (Fsp3) is 0.333. The predicted molar refractivity (Wildman–Crippen MR) is 62.9 cm³/mol. The molecule has 2 aromatic heterocycles. The number of halogens is 1. The largest absolute Gasteiger partial charge is 0.333 e. The standard InChI is InChI=1S/C12H15FN4/c1-2-14-6-12-8-17(9-16-12)7-10-3-11(13)5-15-4-10/h3-5,8-9,14H,2,6-7H2,1H3. The van der Waals surface area contributed by atoms with Gasteiger partial charge in [-0.15, -0.1) is 0 Å². The van der Waals surface area contributed by atoms with Crippen molar-refractivity contribution in [3.8, 4) is 0 Å². The summed E-state index contributed by atoms with van der Waals surface area (Å²) in [6.07, 6.45) is 6.56. The first-order valence-corrected chi connectivity index (χ1v) is 5.58. The van der Waals surface area contributed by atoms with Crippen LogP contribution in [0.15, 0.2) is 31.0 Å². The van der Waals surface area contributed by atoms with Gasteiger partial charge in [0.25, 0.3) is 0 Å². The number of rotatable bonds is 5. The molecule has 2 aromatic rings. The molecule has 0 saturated carbocycles. The van der Waals surface area contributed by atoms with Crippen molar-refractivity contribution in [1.82, 2.24) is 19.9 Å². The Labute approximate surface area is 99.5 Å². The van der Waals surface area contributed by atoms with Crippen molar-refractivity contribution in [2.24, 2.45) is 0 Å². The van der Waals surface area contributed by atoms with Gasteiger partial charge < -0.3 is 9.88 Å². The number of hydrogen-bond acceptors (Lipinski definition) is 3. The zero-order chi connectivity index (χ0) is 12.1. The molecule has 0 saturated heterocycles. The molecule has 0 atom stereocenters. The molecule has 0 aromatic carbocycles. The van der Waals surface area contributed by atoms with E-state index in [0.29, 0.717) is 6.54 Å². The number of imidazole rings is 1. The summed E-state index contributed by atoms with van der Waals surface area (Å²) in [4.78, 5) is 8.07. The smallest absolute Gasteiger partial charge is 0.141 e. The van der Waals surface area contributed by atoms with Gasteiger partial charge in [0.05, 0.1) is 24.8 Å². The van der Waals surface area contributed by atoms with Crippen LogP contribution < -0.4 is 5.32 Å². The monoisotopic (exact) mass is 234 g/mol. The van der Waals surface area contributed by atoms with Gasteiger partial charge in [0, 0.05) is 18.9 Å². The maximum absolute atomic E-state index is 12.9. The Bertz CT molecular complexity index is 481. The third-order valence-electron chi connectivity index (χ3n) is 2.37. The van der Waals surface area contributed by atoms with Crippen LogP contribution in [0.2, 0.25) is 0 Å². The lowest BCUT2D eigenvalue weighted by Crippen LogP contribution is -2.11. The minimum atomic E-state index is -0.310. The molecule has 0 aliphatic heterocycles. The number of nitrogens with one attached hydrogen (secondary N) is 1. The molecule has 5 heteroatoms. The van der Waals surface area contributed by atoms with Crippen molar-refractivity contribution in [3.63, 3.8) is 0 Å². The Kier molecular flexibility index (Phi) is 3.82. The lowest BCUT2D eigenvalue weighted by molar-refractivity contribution is 0.616. The number of aromatic nitrogens is 3. The minimum Gasteiger partial charge on any atom is -0.333 e. The first kappa shape index (κ1) is 11.7. The van der Waals surface area contributed by atoms with Gasteiger partial charge in [-0.25, -0.2) is 9.37 Å². The second kappa shape index (κ2) is 5.54. The summed E-state index contributed by atoms with van der Waals surface area (Å²) in [7, 11) is 0. The van der Waals surface area contributed by atoms with E-state index < -0.39 is 0 Å². The normalized spacial score (nSPS) is 10.7. The van der Waals surface area contributed by atoms with Gasteiger partial charge >= 0.3 is 0 Å². The molecule has 0 amide bonds. The molecule has 4 nitrogen and oxygen atoms in total. The van der Waals surface area contributed by atoms with Crippen molar-refractivity contribution in [2.75, 3.05) is 6.54 Å². The molecule has 0 radical (unpaired) electrons. The summed E-state index contributed by atoms with van der Waals surface area (Å²) in [5, 5.41) is 3.20. The van der Waals surface area contributed by atoms with Crippen molar-refractivity contribution in [3.05, 3.63) is 48.1 Å². The van der Waals surface area contributed by atoms with Crippen LogP contribution in [0.5, 0.6) is 0 Å². The Hall–Kier alpha value is -1.75. The molecule has 0 bridgehead atoms. The Balaban J connectivity index is 2.01. The molecule has 2 heterocycles. The zero-order valence-corrected chi connectivity index (χ0v) is 9.73. The van der Waals surface area contributed by atoms with Gasteiger partial charge in [-0.1, -0.05) is 6.92 Å². The van der Waals surface area contributed by atoms with Gasteiger partial charge in [0.2, 0.25) is 0 Å². The third kappa shape index (κ3) is 3.35. The Morgan fingerprint density at radius 2 is 2.29 bits per heavy atom. The van der Waals surface area contributed by atoms with E-state index in [1.54, 1.807) is 12.5 Å². The van der Waals surface area contributed by atoms with Crippen LogP contribution in [0.1, 0.15) is 18.2 Å². The van der Waals surface area contributed by atoms with Crippen molar-refractivity contribution in [2.45, 2.75) is 20.0 Å². The molecule has 17 heavy (non-hydrogen) atoms. The fourth-order valence-corrected chi connectivity index (χ4v) is 1.59. The van der Waals surface area contributed by atoms with Crippen LogP contribution in [0, 0.1) is 5.82 Å². The SMILES string of the molecule is CCNCc1cn(Cc2cncc(F)c2)cn1. The van der Waals surface area contributed by atoms with Crippen LogP contribution in [-0.2, 0) is 13.1 Å². The number of pyridine rings is 1. The first-order chi connectivity index (χ1) is 8.28. The third-order valence-corrected chi connectivity index (χ3v) is 2.37. The number of nitrogens with zero attached hydrogens (tertiary/aromatic N) is 3. The summed E-state index contributed by atoms with van der Waals surface area (Å²) >= 11 is 0. The van der Waals surface area contributed by atoms with Crippen molar-refractivity contribution >= 4 is 0 Å². The van der Waals surface area contributed by atoms with E-state index in [-0.39, 0.29) is 5.82 Å². The van der Waals surface area contributed by atoms with Crippen molar-refractivity contribution < 1.29 is 4.39 Å². The van der Waals surface area contributed by atoms with Gasteiger partial charge in [-0.2, -0.15) is 0 Å². The summed E-state index contributed by atoms with van der Waals surface area (Å²) in [5.74, 6) is -0.310. The highest BCUT2D eigenvalue weighted by Gasteiger charge is 2.00. The van der Waals surface area contributed by atoms with E-state index in [1.165, 1.54) is 12.3 Å². The van der Waals surface area contributed by atoms with Crippen LogP contribution in [0.3, 0.4) is 0 Å². The molecule has 0 aliphatic carbocycles. The first-order valence-electron chi connectivity index (χ1n) is 5.58. The van der Waals surface area contributed by atoms with Crippen LogP contribution in [0.4, 0.5) is 4.39 Å². The highest BCUT2D eigenvalue weighted by Crippen LogP contribution is 2.05. The summed E-state index contributed by atoms with van der Waals surface area (Å²) in [5.41, 5.74) is 1.81. The second-order valence-corrected chi connectivity index (χ2v) is 3.83. The second-order valence-electron chi connectivity index (χ2n) is 3.83. The lowest BCUT2D eigenvalue weighted by Gasteiger charge is -2.01. The molecule has 0 spiro atoms. The Morgan fingerprint density at radius 1 is 1.41 bits per heavy atom. The molecule has 1 N–H and O–H groups in total. The number of hydrogen-bond donors (Lipinski definition) is 1. The minimum absolute atomic E-state index is 0.310. The van der Waals surface area contributed by atoms with Crippen molar-refractivity contribution in [1.29, 1.82) is 0 Å². The van der Waals surface area contributed by atoms with Gasteiger partial charge in [-0.3, -0.25) is 4.98 Å². The van der Waals surface area contributed by atoms with Gasteiger partial charge in [0.1, 0.15) is 5.82 Å². The van der Waals surface area contributed by atoms with Crippen LogP contribution >= 0.6 is 0 Å². The molecule has 0 unspecified atom stereocenters. The van der Waals surface area contributed by atoms with E-state index in [0.717, 1.165) is 24.3 Å². The highest BCUT2D eigenvalue weighted by atomic mass is 19.1. The van der Waals surface area contributed by atoms with E-state index in [1.807, 2.05) is 10.8 Å². The van der Waals surface area contributed by atoms with E-state index in [4.69, 9.17) is 0 Å². The lowest BCUT2D eigenvalue weighted by atomic mass is 10.3. The molecule has 0 fully saturated rings. The van der Waals surface area contributed by atoms with Crippen LogP contribution in [-0.4, -0.2) is 21.1 Å². The fourth-order valence-electron chi connectivity index (χ4n) is 1.59. The summed E-state index contributed by atoms with van der Waals surface area (Å²) < 4.78 is 14.9. The summed E-state index contributed by atoms with van der Waals surface area (Å²) in [6, 6.07) is 1.48. The maximum Gasteiger partial charge on any atom is 0.141 e. The quantitative estimate of drug-likeness (QED) is 0.854. The molecular formula is C12H15FN4. The van der Waals surface area contributed by atoms with Gasteiger partial charge in [0.15, 0.2) is 0 Å². The molecule has 2 rings (SSSR count). The predicted octanol–water partition coefficient (Wildman–Crippen LogP) is 1.57. The van der Waals surface area contributed by atoms with E-state index >= 15 is 0 Å². The maximum atomic E-state index is 12.9. The zero-order valence-electron chi connectivity index (χ0n) is 9.73. The molecule has 90 valence electrons. The topological polar surface area (TPSA) is 42.7 Å². The van der Waals surface area contributed by atoms with Crippen LogP contribution in [0.25, 0.3) is 0 Å².